The number of nitrogens with one attached hydrogen (secondary N) is 1. The van der Waals surface area contributed by atoms with Crippen LogP contribution in [0, 0.1) is 6.92 Å². The average Bonchev–Trinajstić information content (AvgIpc) is 2.61. The van der Waals surface area contributed by atoms with E-state index in [9.17, 15) is 13.2 Å². The fraction of sp³-hybridized carbons (Fsp3) is 0.316. The first-order chi connectivity index (χ1) is 12.6. The van der Waals surface area contributed by atoms with Crippen LogP contribution in [-0.4, -0.2) is 33.7 Å². The normalized spacial score (nSPS) is 12.3. The molecule has 0 heterocycles. The highest BCUT2D eigenvalue weighted by Gasteiger charge is 2.20. The van der Waals surface area contributed by atoms with E-state index < -0.39 is 16.1 Å². The minimum atomic E-state index is -3.33. The summed E-state index contributed by atoms with van der Waals surface area (Å²) in [6.07, 6.45) is 0.908. The molecule has 27 heavy (non-hydrogen) atoms. The number of halogens is 1. The number of rotatable bonds is 7. The molecule has 1 amide bonds. The summed E-state index contributed by atoms with van der Waals surface area (Å²) in [5.41, 5.74) is 2.05. The molecule has 2 aromatic carbocycles. The molecule has 1 atom stereocenters. The Morgan fingerprint density at radius 3 is 2.41 bits per heavy atom. The van der Waals surface area contributed by atoms with Gasteiger partial charge in [-0.15, -0.1) is 0 Å². The molecule has 0 bridgehead atoms. The van der Waals surface area contributed by atoms with Crippen LogP contribution in [0.2, 0.25) is 5.02 Å². The second-order valence-corrected chi connectivity index (χ2v) is 8.64. The molecule has 0 aromatic heterocycles. The zero-order valence-corrected chi connectivity index (χ0v) is 17.3. The van der Waals surface area contributed by atoms with Gasteiger partial charge in [-0.1, -0.05) is 24.6 Å². The van der Waals surface area contributed by atoms with E-state index in [4.69, 9.17) is 16.3 Å². The van der Waals surface area contributed by atoms with E-state index in [0.717, 1.165) is 11.8 Å². The predicted octanol–water partition coefficient (Wildman–Crippen LogP) is 3.84. The summed E-state index contributed by atoms with van der Waals surface area (Å²) in [5.74, 6) is 0.200. The van der Waals surface area contributed by atoms with E-state index in [1.807, 2.05) is 19.9 Å². The number of sulfonamides is 1. The predicted molar refractivity (Wildman–Crippen MR) is 109 cm³/mol. The highest BCUT2D eigenvalue weighted by molar-refractivity contribution is 7.92. The Morgan fingerprint density at radius 2 is 1.85 bits per heavy atom. The third-order valence-corrected chi connectivity index (χ3v) is 5.54. The van der Waals surface area contributed by atoms with Crippen molar-refractivity contribution in [1.82, 2.24) is 0 Å². The SMILES string of the molecule is CC[C@H](Oc1ccc(N(C)S(C)(=O)=O)cc1)C(=O)Nc1cc(Cl)ccc1C. The molecule has 8 heteroatoms. The summed E-state index contributed by atoms with van der Waals surface area (Å²) < 4.78 is 30.1. The molecule has 0 radical (unpaired) electrons. The van der Waals surface area contributed by atoms with E-state index >= 15 is 0 Å². The number of hydrogen-bond donors (Lipinski definition) is 1. The maximum Gasteiger partial charge on any atom is 0.265 e. The van der Waals surface area contributed by atoms with Gasteiger partial charge < -0.3 is 10.1 Å². The van der Waals surface area contributed by atoms with E-state index in [0.29, 0.717) is 28.6 Å². The second kappa shape index (κ2) is 8.63. The fourth-order valence-corrected chi connectivity index (χ4v) is 3.03. The van der Waals surface area contributed by atoms with Gasteiger partial charge in [0.2, 0.25) is 10.0 Å². The molecule has 0 aliphatic carbocycles. The lowest BCUT2D eigenvalue weighted by atomic mass is 10.2. The maximum atomic E-state index is 12.6. The standard InChI is InChI=1S/C19H23ClN2O4S/c1-5-18(19(23)21-17-12-14(20)7-6-13(17)2)26-16-10-8-15(9-11-16)22(3)27(4,24)25/h6-12,18H,5H2,1-4H3,(H,21,23)/t18-/m0/s1. The van der Waals surface area contributed by atoms with Gasteiger partial charge in [0.15, 0.2) is 6.10 Å². The minimum Gasteiger partial charge on any atom is -0.481 e. The molecular weight excluding hydrogens is 388 g/mol. The molecule has 6 nitrogen and oxygen atoms in total. The molecule has 0 fully saturated rings. The van der Waals surface area contributed by atoms with Crippen LogP contribution < -0.4 is 14.4 Å². The Morgan fingerprint density at radius 1 is 1.22 bits per heavy atom. The quantitative estimate of drug-likeness (QED) is 0.752. The highest BCUT2D eigenvalue weighted by atomic mass is 35.5. The largest absolute Gasteiger partial charge is 0.481 e. The van der Waals surface area contributed by atoms with Gasteiger partial charge in [0, 0.05) is 17.8 Å². The van der Waals surface area contributed by atoms with E-state index in [2.05, 4.69) is 5.32 Å². The van der Waals surface area contributed by atoms with Gasteiger partial charge in [-0.25, -0.2) is 8.42 Å². The summed E-state index contributed by atoms with van der Waals surface area (Å²) in [4.78, 5) is 12.6. The summed E-state index contributed by atoms with van der Waals surface area (Å²) in [7, 11) is -1.86. The third kappa shape index (κ3) is 5.61. The number of nitrogens with zero attached hydrogens (tertiary/aromatic N) is 1. The number of aryl methyl sites for hydroxylation is 1. The Labute approximate surface area is 165 Å². The van der Waals surface area contributed by atoms with Crippen LogP contribution in [0.5, 0.6) is 5.75 Å². The lowest BCUT2D eigenvalue weighted by molar-refractivity contribution is -0.122. The Balaban J connectivity index is 2.10. The maximum absolute atomic E-state index is 12.6. The molecule has 0 unspecified atom stereocenters. The molecule has 146 valence electrons. The van der Waals surface area contributed by atoms with Crippen LogP contribution in [0.1, 0.15) is 18.9 Å². The summed E-state index contributed by atoms with van der Waals surface area (Å²) in [5, 5.41) is 3.37. The zero-order chi connectivity index (χ0) is 20.2. The Bertz CT molecular complexity index is 914. The third-order valence-electron chi connectivity index (χ3n) is 4.10. The smallest absolute Gasteiger partial charge is 0.265 e. The second-order valence-electron chi connectivity index (χ2n) is 6.19. The van der Waals surface area contributed by atoms with Crippen molar-refractivity contribution in [2.75, 3.05) is 22.9 Å². The first kappa shape index (κ1) is 21.1. The van der Waals surface area contributed by atoms with Gasteiger partial charge in [-0.2, -0.15) is 0 Å². The first-order valence-corrected chi connectivity index (χ1v) is 10.6. The monoisotopic (exact) mass is 410 g/mol. The Hall–Kier alpha value is -2.25. The van der Waals surface area contributed by atoms with Crippen molar-refractivity contribution in [2.24, 2.45) is 0 Å². The minimum absolute atomic E-state index is 0.278. The lowest BCUT2D eigenvalue weighted by Gasteiger charge is -2.20. The van der Waals surface area contributed by atoms with Crippen LogP contribution in [0.3, 0.4) is 0 Å². The van der Waals surface area contributed by atoms with Crippen molar-refractivity contribution < 1.29 is 17.9 Å². The molecule has 0 spiro atoms. The Kier molecular flexibility index (Phi) is 6.73. The van der Waals surface area contributed by atoms with Crippen LogP contribution in [0.15, 0.2) is 42.5 Å². The lowest BCUT2D eigenvalue weighted by Crippen LogP contribution is -2.32. The molecule has 0 saturated carbocycles. The van der Waals surface area contributed by atoms with Crippen LogP contribution in [0.4, 0.5) is 11.4 Å². The molecular formula is C19H23ClN2O4S. The summed E-state index contributed by atoms with van der Waals surface area (Å²) in [6, 6.07) is 11.8. The van der Waals surface area contributed by atoms with Gasteiger partial charge in [0.1, 0.15) is 5.75 Å². The molecule has 0 aliphatic rings. The van der Waals surface area contributed by atoms with E-state index in [1.54, 1.807) is 36.4 Å². The van der Waals surface area contributed by atoms with Crippen molar-refractivity contribution >= 4 is 38.9 Å². The highest BCUT2D eigenvalue weighted by Crippen LogP contribution is 2.23. The van der Waals surface area contributed by atoms with Crippen LogP contribution >= 0.6 is 11.6 Å². The van der Waals surface area contributed by atoms with Crippen molar-refractivity contribution in [3.05, 3.63) is 53.1 Å². The first-order valence-electron chi connectivity index (χ1n) is 8.39. The van der Waals surface area contributed by atoms with Crippen molar-refractivity contribution in [3.8, 4) is 5.75 Å². The van der Waals surface area contributed by atoms with Gasteiger partial charge >= 0.3 is 0 Å². The van der Waals surface area contributed by atoms with Gasteiger partial charge in [0.05, 0.1) is 11.9 Å². The molecule has 0 saturated heterocycles. The number of benzene rings is 2. The number of ether oxygens (including phenoxy) is 1. The van der Waals surface area contributed by atoms with Crippen LogP contribution in [0.25, 0.3) is 0 Å². The summed E-state index contributed by atoms with van der Waals surface area (Å²) in [6.45, 7) is 3.73. The number of amides is 1. The van der Waals surface area contributed by atoms with Crippen LogP contribution in [-0.2, 0) is 14.8 Å². The van der Waals surface area contributed by atoms with E-state index in [1.165, 1.54) is 11.4 Å². The molecule has 0 aliphatic heterocycles. The molecule has 2 aromatic rings. The van der Waals surface area contributed by atoms with Gasteiger partial charge in [-0.05, 0) is 55.3 Å². The summed E-state index contributed by atoms with van der Waals surface area (Å²) >= 11 is 5.99. The number of anilines is 2. The number of hydrogen-bond acceptors (Lipinski definition) is 4. The number of carbonyl (C=O) groups is 1. The number of carbonyl (C=O) groups excluding carboxylic acids is 1. The van der Waals surface area contributed by atoms with Gasteiger partial charge in [-0.3, -0.25) is 9.10 Å². The van der Waals surface area contributed by atoms with Crippen molar-refractivity contribution in [1.29, 1.82) is 0 Å². The molecule has 2 rings (SSSR count). The van der Waals surface area contributed by atoms with Gasteiger partial charge in [0.25, 0.3) is 5.91 Å². The van der Waals surface area contributed by atoms with Crippen molar-refractivity contribution in [2.45, 2.75) is 26.4 Å². The topological polar surface area (TPSA) is 75.7 Å². The molecule has 1 N–H and O–H groups in total. The van der Waals surface area contributed by atoms with E-state index in [-0.39, 0.29) is 5.91 Å². The zero-order valence-electron chi connectivity index (χ0n) is 15.7. The average molecular weight is 411 g/mol. The van der Waals surface area contributed by atoms with Crippen molar-refractivity contribution in [3.63, 3.8) is 0 Å². The fourth-order valence-electron chi connectivity index (χ4n) is 2.35.